The SMILES string of the molecule is O=C(CSc1nnc(COc2ccccc2Cl)n1C1CC1)c1cc2ccccc2o1. The van der Waals surface area contributed by atoms with E-state index in [0.717, 1.165) is 29.2 Å². The molecule has 1 saturated carbocycles. The first-order valence-corrected chi connectivity index (χ1v) is 11.0. The minimum atomic E-state index is -0.0737. The standard InChI is InChI=1S/C22H18ClN3O3S/c23-16-6-2-4-8-19(16)28-12-21-24-25-22(26(21)15-9-10-15)30-13-17(27)20-11-14-5-1-3-7-18(14)29-20/h1-8,11,15H,9-10,12-13H2. The van der Waals surface area contributed by atoms with Crippen LogP contribution in [0.2, 0.25) is 5.02 Å². The van der Waals surface area contributed by atoms with Gasteiger partial charge in [0.2, 0.25) is 5.78 Å². The first kappa shape index (κ1) is 19.2. The number of carbonyl (C=O) groups excluding carboxylic acids is 1. The average molecular weight is 440 g/mol. The zero-order valence-electron chi connectivity index (χ0n) is 16.0. The lowest BCUT2D eigenvalue weighted by Gasteiger charge is -2.10. The fourth-order valence-electron chi connectivity index (χ4n) is 3.23. The molecule has 0 unspecified atom stereocenters. The fourth-order valence-corrected chi connectivity index (χ4v) is 4.31. The number of para-hydroxylation sites is 2. The molecule has 0 N–H and O–H groups in total. The summed E-state index contributed by atoms with van der Waals surface area (Å²) in [5.41, 5.74) is 0.714. The molecule has 0 spiro atoms. The van der Waals surface area contributed by atoms with Crippen LogP contribution in [-0.2, 0) is 6.61 Å². The monoisotopic (exact) mass is 439 g/mol. The third-order valence-electron chi connectivity index (χ3n) is 4.87. The molecular formula is C22H18ClN3O3S. The average Bonchev–Trinajstić information content (AvgIpc) is 3.36. The van der Waals surface area contributed by atoms with E-state index in [1.807, 2.05) is 42.5 Å². The highest BCUT2D eigenvalue weighted by atomic mass is 35.5. The Hall–Kier alpha value is -2.77. The maximum Gasteiger partial charge on any atom is 0.208 e. The van der Waals surface area contributed by atoms with E-state index in [1.54, 1.807) is 12.1 Å². The Labute approximate surface area is 182 Å². The van der Waals surface area contributed by atoms with Crippen LogP contribution < -0.4 is 4.74 Å². The molecular weight excluding hydrogens is 422 g/mol. The van der Waals surface area contributed by atoms with Gasteiger partial charge in [-0.25, -0.2) is 0 Å². The highest BCUT2D eigenvalue weighted by Gasteiger charge is 2.30. The number of thioether (sulfide) groups is 1. The molecule has 5 rings (SSSR count). The van der Waals surface area contributed by atoms with Crippen molar-refractivity contribution in [2.75, 3.05) is 5.75 Å². The Kier molecular flexibility index (Phi) is 5.23. The van der Waals surface area contributed by atoms with Crippen molar-refractivity contribution in [3.63, 3.8) is 0 Å². The van der Waals surface area contributed by atoms with Gasteiger partial charge in [0.25, 0.3) is 0 Å². The van der Waals surface area contributed by atoms with Gasteiger partial charge in [0.1, 0.15) is 17.9 Å². The lowest BCUT2D eigenvalue weighted by atomic mass is 10.2. The molecule has 8 heteroatoms. The number of hydrogen-bond acceptors (Lipinski definition) is 6. The molecule has 152 valence electrons. The summed E-state index contributed by atoms with van der Waals surface area (Å²) >= 11 is 7.54. The van der Waals surface area contributed by atoms with Crippen molar-refractivity contribution in [3.05, 3.63) is 71.2 Å². The summed E-state index contributed by atoms with van der Waals surface area (Å²) in [7, 11) is 0. The molecule has 1 fully saturated rings. The van der Waals surface area contributed by atoms with Crippen LogP contribution in [0.4, 0.5) is 0 Å². The maximum atomic E-state index is 12.6. The molecule has 30 heavy (non-hydrogen) atoms. The van der Waals surface area contributed by atoms with E-state index in [4.69, 9.17) is 20.8 Å². The molecule has 0 saturated heterocycles. The van der Waals surface area contributed by atoms with Gasteiger partial charge in [-0.15, -0.1) is 10.2 Å². The molecule has 2 heterocycles. The molecule has 0 atom stereocenters. The topological polar surface area (TPSA) is 70.2 Å². The molecule has 0 aliphatic heterocycles. The van der Waals surface area contributed by atoms with Gasteiger partial charge in [0.15, 0.2) is 16.7 Å². The van der Waals surface area contributed by atoms with Gasteiger partial charge in [0.05, 0.1) is 10.8 Å². The number of rotatable bonds is 8. The lowest BCUT2D eigenvalue weighted by Crippen LogP contribution is -2.08. The summed E-state index contributed by atoms with van der Waals surface area (Å²) in [6.07, 6.45) is 2.14. The van der Waals surface area contributed by atoms with E-state index >= 15 is 0 Å². The Bertz CT molecular complexity index is 1180. The smallest absolute Gasteiger partial charge is 0.208 e. The van der Waals surface area contributed by atoms with Crippen LogP contribution in [0.25, 0.3) is 11.0 Å². The lowest BCUT2D eigenvalue weighted by molar-refractivity contribution is 0.0994. The van der Waals surface area contributed by atoms with Gasteiger partial charge < -0.3 is 9.15 Å². The maximum absolute atomic E-state index is 12.6. The molecule has 2 aromatic carbocycles. The van der Waals surface area contributed by atoms with Crippen LogP contribution in [-0.4, -0.2) is 26.3 Å². The minimum Gasteiger partial charge on any atom is -0.484 e. The molecule has 2 aromatic heterocycles. The van der Waals surface area contributed by atoms with E-state index in [-0.39, 0.29) is 18.1 Å². The first-order chi connectivity index (χ1) is 14.7. The fraction of sp³-hybridized carbons (Fsp3) is 0.227. The molecule has 1 aliphatic carbocycles. The molecule has 0 amide bonds. The minimum absolute atomic E-state index is 0.0737. The van der Waals surface area contributed by atoms with E-state index in [9.17, 15) is 4.79 Å². The van der Waals surface area contributed by atoms with Crippen molar-refractivity contribution < 1.29 is 13.9 Å². The zero-order chi connectivity index (χ0) is 20.5. The number of aromatic nitrogens is 3. The molecule has 6 nitrogen and oxygen atoms in total. The van der Waals surface area contributed by atoms with Gasteiger partial charge in [-0.05, 0) is 37.1 Å². The summed E-state index contributed by atoms with van der Waals surface area (Å²) < 4.78 is 13.6. The van der Waals surface area contributed by atoms with Crippen LogP contribution in [0.1, 0.15) is 35.3 Å². The summed E-state index contributed by atoms with van der Waals surface area (Å²) in [6.45, 7) is 0.269. The van der Waals surface area contributed by atoms with E-state index in [1.165, 1.54) is 11.8 Å². The number of carbonyl (C=O) groups is 1. The number of hydrogen-bond donors (Lipinski definition) is 0. The largest absolute Gasteiger partial charge is 0.484 e. The molecule has 1 aliphatic rings. The second-order valence-electron chi connectivity index (χ2n) is 7.08. The van der Waals surface area contributed by atoms with E-state index in [0.29, 0.717) is 28.2 Å². The predicted octanol–water partition coefficient (Wildman–Crippen LogP) is 5.57. The van der Waals surface area contributed by atoms with Gasteiger partial charge in [0, 0.05) is 11.4 Å². The predicted molar refractivity (Wildman–Crippen MR) is 115 cm³/mol. The molecule has 0 radical (unpaired) electrons. The third-order valence-corrected chi connectivity index (χ3v) is 6.13. The number of ketones is 1. The van der Waals surface area contributed by atoms with Crippen LogP contribution in [0.5, 0.6) is 5.75 Å². The van der Waals surface area contributed by atoms with Crippen molar-refractivity contribution >= 4 is 40.1 Å². The summed E-state index contributed by atoms with van der Waals surface area (Å²) in [5.74, 6) is 1.87. The number of ether oxygens (including phenoxy) is 1. The summed E-state index contributed by atoms with van der Waals surface area (Å²) in [4.78, 5) is 12.6. The van der Waals surface area contributed by atoms with Crippen LogP contribution in [0, 0.1) is 0 Å². The van der Waals surface area contributed by atoms with Crippen LogP contribution in [0.15, 0.2) is 64.2 Å². The van der Waals surface area contributed by atoms with Crippen molar-refractivity contribution in [3.8, 4) is 5.75 Å². The highest BCUT2D eigenvalue weighted by molar-refractivity contribution is 7.99. The van der Waals surface area contributed by atoms with Crippen molar-refractivity contribution in [2.24, 2.45) is 0 Å². The number of fused-ring (bicyclic) bond motifs is 1. The number of halogens is 1. The number of furan rings is 1. The van der Waals surface area contributed by atoms with Crippen LogP contribution >= 0.6 is 23.4 Å². The summed E-state index contributed by atoms with van der Waals surface area (Å²) in [5, 5.41) is 10.8. The summed E-state index contributed by atoms with van der Waals surface area (Å²) in [6, 6.07) is 17.1. The number of nitrogens with zero attached hydrogens (tertiary/aromatic N) is 3. The highest BCUT2D eigenvalue weighted by Crippen LogP contribution is 2.39. The number of benzene rings is 2. The van der Waals surface area contributed by atoms with E-state index in [2.05, 4.69) is 14.8 Å². The van der Waals surface area contributed by atoms with Crippen molar-refractivity contribution in [2.45, 2.75) is 30.6 Å². The number of Topliss-reactive ketones (excluding diaryl/α,β-unsaturated/α-hetero) is 1. The Morgan fingerprint density at radius 2 is 1.97 bits per heavy atom. The third kappa shape index (κ3) is 3.95. The Morgan fingerprint density at radius 3 is 2.77 bits per heavy atom. The Balaban J connectivity index is 1.29. The van der Waals surface area contributed by atoms with Crippen molar-refractivity contribution in [1.29, 1.82) is 0 Å². The van der Waals surface area contributed by atoms with Gasteiger partial charge in [-0.1, -0.05) is 53.7 Å². The van der Waals surface area contributed by atoms with Crippen molar-refractivity contribution in [1.82, 2.24) is 14.8 Å². The van der Waals surface area contributed by atoms with Gasteiger partial charge in [-0.3, -0.25) is 9.36 Å². The van der Waals surface area contributed by atoms with Gasteiger partial charge >= 0.3 is 0 Å². The normalized spacial score (nSPS) is 13.6. The molecule has 0 bridgehead atoms. The molecule has 4 aromatic rings. The van der Waals surface area contributed by atoms with E-state index < -0.39 is 0 Å². The second-order valence-corrected chi connectivity index (χ2v) is 8.43. The first-order valence-electron chi connectivity index (χ1n) is 9.65. The Morgan fingerprint density at radius 1 is 1.17 bits per heavy atom. The van der Waals surface area contributed by atoms with Gasteiger partial charge in [-0.2, -0.15) is 0 Å². The van der Waals surface area contributed by atoms with Crippen LogP contribution in [0.3, 0.4) is 0 Å². The quantitative estimate of drug-likeness (QED) is 0.264. The zero-order valence-corrected chi connectivity index (χ0v) is 17.5. The second kappa shape index (κ2) is 8.16.